The average Bonchev–Trinajstić information content (AvgIpc) is 3.26. The van der Waals surface area contributed by atoms with Crippen molar-refractivity contribution in [1.82, 2.24) is 20.2 Å². The van der Waals surface area contributed by atoms with Gasteiger partial charge in [-0.2, -0.15) is 5.10 Å². The number of carbonyl (C=O) groups is 2. The topological polar surface area (TPSA) is 76.5 Å². The molecular formula is C27H20Cl4N4O3. The summed E-state index contributed by atoms with van der Waals surface area (Å²) in [6.45, 7) is 0.729. The minimum absolute atomic E-state index is 0.00331. The summed E-state index contributed by atoms with van der Waals surface area (Å²) >= 11 is 24.6. The van der Waals surface area contributed by atoms with Crippen molar-refractivity contribution in [1.29, 1.82) is 0 Å². The number of nitrogens with one attached hydrogen (secondary N) is 1. The van der Waals surface area contributed by atoms with E-state index in [1.807, 2.05) is 0 Å². The van der Waals surface area contributed by atoms with E-state index in [-0.39, 0.29) is 23.1 Å². The van der Waals surface area contributed by atoms with E-state index in [2.05, 4.69) is 10.5 Å². The van der Waals surface area contributed by atoms with Crippen molar-refractivity contribution in [3.05, 3.63) is 98.1 Å². The van der Waals surface area contributed by atoms with Gasteiger partial charge in [-0.25, -0.2) is 9.69 Å². The van der Waals surface area contributed by atoms with Crippen LogP contribution in [0.4, 0.5) is 0 Å². The first-order valence-corrected chi connectivity index (χ1v) is 13.0. The van der Waals surface area contributed by atoms with Gasteiger partial charge in [-0.05, 0) is 54.6 Å². The molecule has 0 spiro atoms. The number of ether oxygens (including phenoxy) is 1. The number of nitrogens with zero attached hydrogens (tertiary/aromatic N) is 3. The third kappa shape index (κ3) is 5.25. The third-order valence-corrected chi connectivity index (χ3v) is 7.20. The molecule has 38 heavy (non-hydrogen) atoms. The van der Waals surface area contributed by atoms with Crippen molar-refractivity contribution in [2.45, 2.75) is 0 Å². The zero-order valence-electron chi connectivity index (χ0n) is 19.9. The maximum Gasteiger partial charge on any atom is 0.289 e. The number of hydrazine groups is 1. The molecule has 1 N–H and O–H groups in total. The lowest BCUT2D eigenvalue weighted by molar-refractivity contribution is 0.0321. The number of Topliss-reactive ketones (excluding diaryl/α,β-unsaturated/α-hetero) is 1. The van der Waals surface area contributed by atoms with E-state index in [1.54, 1.807) is 76.4 Å². The Kier molecular flexibility index (Phi) is 7.66. The third-order valence-electron chi connectivity index (χ3n) is 6.16. The highest BCUT2D eigenvalue weighted by atomic mass is 35.5. The quantitative estimate of drug-likeness (QED) is 0.245. The predicted molar refractivity (Wildman–Crippen MR) is 149 cm³/mol. The molecule has 1 aliphatic heterocycles. The molecule has 1 fully saturated rings. The highest BCUT2D eigenvalue weighted by Gasteiger charge is 2.36. The first-order chi connectivity index (χ1) is 18.2. The van der Waals surface area contributed by atoms with E-state index in [0.717, 1.165) is 0 Å². The standard InChI is InChI=1S/C27H20Cl4N4O3/c1-38-26-23(27(37)33-34-13-17(14-34)25(36)16-4-8-19(29)9-5-16)32-35(22-11-10-20(30)12-21(22)31)24(26)15-2-6-18(28)7-3-15/h2-12,17H,13-14H2,1H3,(H,33,37). The molecule has 0 saturated carbocycles. The van der Waals surface area contributed by atoms with Crippen molar-refractivity contribution in [3.8, 4) is 22.7 Å². The molecule has 3 aromatic carbocycles. The van der Waals surface area contributed by atoms with E-state index >= 15 is 0 Å². The van der Waals surface area contributed by atoms with E-state index < -0.39 is 5.91 Å². The van der Waals surface area contributed by atoms with E-state index in [9.17, 15) is 9.59 Å². The molecule has 0 bridgehead atoms. The number of halogens is 4. The normalized spacial score (nSPS) is 13.7. The van der Waals surface area contributed by atoms with Crippen LogP contribution in [0.5, 0.6) is 5.75 Å². The molecule has 1 aromatic heterocycles. The average molecular weight is 590 g/mol. The molecule has 0 aliphatic carbocycles. The second kappa shape index (κ2) is 11.0. The van der Waals surface area contributed by atoms with Crippen LogP contribution in [0.3, 0.4) is 0 Å². The molecule has 7 nitrogen and oxygen atoms in total. The zero-order valence-corrected chi connectivity index (χ0v) is 22.9. The summed E-state index contributed by atoms with van der Waals surface area (Å²) in [5.41, 5.74) is 5.18. The zero-order chi connectivity index (χ0) is 27.0. The van der Waals surface area contributed by atoms with Gasteiger partial charge in [0.25, 0.3) is 5.91 Å². The second-order valence-electron chi connectivity index (χ2n) is 8.66. The van der Waals surface area contributed by atoms with Gasteiger partial charge in [0.15, 0.2) is 17.2 Å². The number of ketones is 1. The number of rotatable bonds is 7. The molecule has 11 heteroatoms. The van der Waals surface area contributed by atoms with Crippen LogP contribution in [0.2, 0.25) is 20.1 Å². The smallest absolute Gasteiger partial charge is 0.289 e. The maximum atomic E-state index is 13.3. The van der Waals surface area contributed by atoms with Gasteiger partial charge < -0.3 is 4.74 Å². The van der Waals surface area contributed by atoms with Gasteiger partial charge in [0.2, 0.25) is 0 Å². The number of hydrogen-bond donors (Lipinski definition) is 1. The van der Waals surface area contributed by atoms with Crippen molar-refractivity contribution >= 4 is 58.1 Å². The summed E-state index contributed by atoms with van der Waals surface area (Å²) in [5.74, 6) is -0.478. The van der Waals surface area contributed by atoms with E-state index in [1.165, 1.54) is 7.11 Å². The lowest BCUT2D eigenvalue weighted by atomic mass is 9.92. The summed E-state index contributed by atoms with van der Waals surface area (Å²) in [6, 6.07) is 18.8. The number of aromatic nitrogens is 2. The summed E-state index contributed by atoms with van der Waals surface area (Å²) in [7, 11) is 1.46. The molecule has 2 heterocycles. The SMILES string of the molecule is COc1c(C(=O)NN2CC(C(=O)c3ccc(Cl)cc3)C2)nn(-c2ccc(Cl)cc2Cl)c1-c1ccc(Cl)cc1. The van der Waals surface area contributed by atoms with Crippen LogP contribution in [0, 0.1) is 5.92 Å². The second-order valence-corrected chi connectivity index (χ2v) is 10.4. The van der Waals surface area contributed by atoms with Crippen LogP contribution in [0.25, 0.3) is 16.9 Å². The fourth-order valence-corrected chi connectivity index (χ4v) is 4.96. The molecule has 1 amide bonds. The monoisotopic (exact) mass is 588 g/mol. The summed E-state index contributed by atoms with van der Waals surface area (Å²) in [5, 5.41) is 8.17. The van der Waals surface area contributed by atoms with Gasteiger partial charge >= 0.3 is 0 Å². The van der Waals surface area contributed by atoms with Crippen LogP contribution in [0.1, 0.15) is 20.8 Å². The van der Waals surface area contributed by atoms with Gasteiger partial charge in [0, 0.05) is 39.3 Å². The molecule has 0 radical (unpaired) electrons. The Morgan fingerprint density at radius 3 is 2.11 bits per heavy atom. The van der Waals surface area contributed by atoms with Gasteiger partial charge in [-0.15, -0.1) is 0 Å². The van der Waals surface area contributed by atoms with Crippen LogP contribution >= 0.6 is 46.4 Å². The maximum absolute atomic E-state index is 13.3. The fourth-order valence-electron chi connectivity index (χ4n) is 4.22. The van der Waals surface area contributed by atoms with Crippen LogP contribution in [0.15, 0.2) is 66.7 Å². The number of methoxy groups -OCH3 is 1. The van der Waals surface area contributed by atoms with Crippen molar-refractivity contribution < 1.29 is 14.3 Å². The Balaban J connectivity index is 1.42. The van der Waals surface area contributed by atoms with Crippen molar-refractivity contribution in [2.24, 2.45) is 5.92 Å². The predicted octanol–water partition coefficient (Wildman–Crippen LogP) is 6.62. The van der Waals surface area contributed by atoms with Gasteiger partial charge in [0.1, 0.15) is 5.69 Å². The Morgan fingerprint density at radius 2 is 1.50 bits per heavy atom. The Bertz CT molecular complexity index is 1510. The minimum Gasteiger partial charge on any atom is -0.492 e. The number of carbonyl (C=O) groups excluding carboxylic acids is 2. The number of hydrogen-bond acceptors (Lipinski definition) is 5. The summed E-state index contributed by atoms with van der Waals surface area (Å²) < 4.78 is 7.22. The molecule has 4 aromatic rings. The Morgan fingerprint density at radius 1 is 0.895 bits per heavy atom. The molecule has 1 aliphatic rings. The molecule has 194 valence electrons. The van der Waals surface area contributed by atoms with Crippen molar-refractivity contribution in [3.63, 3.8) is 0 Å². The van der Waals surface area contributed by atoms with Gasteiger partial charge in [-0.3, -0.25) is 15.0 Å². The molecule has 0 atom stereocenters. The Labute approximate surface area is 238 Å². The summed E-state index contributed by atoms with van der Waals surface area (Å²) in [6.07, 6.45) is 0. The minimum atomic E-state index is -0.488. The number of amides is 1. The lowest BCUT2D eigenvalue weighted by Gasteiger charge is -2.37. The molecule has 5 rings (SSSR count). The largest absolute Gasteiger partial charge is 0.492 e. The van der Waals surface area contributed by atoms with Crippen LogP contribution in [-0.2, 0) is 0 Å². The molecule has 1 saturated heterocycles. The van der Waals surface area contributed by atoms with E-state index in [0.29, 0.717) is 55.7 Å². The highest BCUT2D eigenvalue weighted by molar-refractivity contribution is 6.35. The van der Waals surface area contributed by atoms with Crippen molar-refractivity contribution in [2.75, 3.05) is 20.2 Å². The molecule has 0 unspecified atom stereocenters. The van der Waals surface area contributed by atoms with Gasteiger partial charge in [0.05, 0.1) is 23.7 Å². The van der Waals surface area contributed by atoms with Crippen LogP contribution in [-0.4, -0.2) is 46.7 Å². The number of benzene rings is 3. The van der Waals surface area contributed by atoms with Gasteiger partial charge in [-0.1, -0.05) is 58.5 Å². The highest BCUT2D eigenvalue weighted by Crippen LogP contribution is 2.38. The Hall–Kier alpha value is -3.07. The van der Waals surface area contributed by atoms with E-state index in [4.69, 9.17) is 51.1 Å². The first-order valence-electron chi connectivity index (χ1n) is 11.5. The summed E-state index contributed by atoms with van der Waals surface area (Å²) in [4.78, 5) is 26.1. The first kappa shape index (κ1) is 26.5. The fraction of sp³-hybridized carbons (Fsp3) is 0.148. The lowest BCUT2D eigenvalue weighted by Crippen LogP contribution is -2.58. The molecular weight excluding hydrogens is 570 g/mol. The van der Waals surface area contributed by atoms with Crippen LogP contribution < -0.4 is 10.2 Å².